The van der Waals surface area contributed by atoms with Crippen LogP contribution in [0.3, 0.4) is 0 Å². The summed E-state index contributed by atoms with van der Waals surface area (Å²) in [6, 6.07) is 10.2. The maximum Gasteiger partial charge on any atom is 0.145 e. The number of nitrogens with one attached hydrogen (secondary N) is 1. The zero-order valence-corrected chi connectivity index (χ0v) is 11.2. The average Bonchev–Trinajstić information content (AvgIpc) is 2.36. The van der Waals surface area contributed by atoms with E-state index in [9.17, 15) is 0 Å². The Kier molecular flexibility index (Phi) is 4.15. The third-order valence-electron chi connectivity index (χ3n) is 2.90. The van der Waals surface area contributed by atoms with Crippen molar-refractivity contribution in [1.29, 1.82) is 0 Å². The summed E-state index contributed by atoms with van der Waals surface area (Å²) in [7, 11) is 1.96. The van der Waals surface area contributed by atoms with Gasteiger partial charge in [-0.25, -0.2) is 4.98 Å². The molecule has 1 unspecified atom stereocenters. The smallest absolute Gasteiger partial charge is 0.145 e. The Morgan fingerprint density at radius 3 is 2.89 bits per heavy atom. The lowest BCUT2D eigenvalue weighted by Gasteiger charge is -2.13. The summed E-state index contributed by atoms with van der Waals surface area (Å²) in [5, 5.41) is 4.28. The minimum atomic E-state index is 0.482. The second-order valence-corrected chi connectivity index (χ2v) is 4.75. The molecule has 96 valence electrons. The van der Waals surface area contributed by atoms with Crippen molar-refractivity contribution in [3.8, 4) is 5.75 Å². The number of aromatic nitrogens is 1. The van der Waals surface area contributed by atoms with E-state index < -0.39 is 0 Å². The highest BCUT2D eigenvalue weighted by Gasteiger charge is 2.06. The van der Waals surface area contributed by atoms with Crippen molar-refractivity contribution in [3.63, 3.8) is 0 Å². The molecule has 3 nitrogen and oxygen atoms in total. The molecule has 0 aliphatic heterocycles. The van der Waals surface area contributed by atoms with Crippen molar-refractivity contribution in [2.45, 2.75) is 13.8 Å². The summed E-state index contributed by atoms with van der Waals surface area (Å²) in [4.78, 5) is 4.56. The molecule has 0 radical (unpaired) electrons. The minimum Gasteiger partial charge on any atom is -0.491 e. The normalized spacial score (nSPS) is 12.6. The lowest BCUT2D eigenvalue weighted by molar-refractivity contribution is 0.260. The Hall–Kier alpha value is -1.61. The number of fused-ring (bicyclic) bond motifs is 1. The van der Waals surface area contributed by atoms with Crippen molar-refractivity contribution >= 4 is 10.9 Å². The van der Waals surface area contributed by atoms with Gasteiger partial charge in [0.2, 0.25) is 0 Å². The number of benzene rings is 1. The standard InChI is InChI=1S/C15H20N2O/c1-11(9-16-3)10-18-14-6-4-5-13-8-7-12(2)17-15(13)14/h4-8,11,16H,9-10H2,1-3H3. The molecule has 0 amide bonds. The highest BCUT2D eigenvalue weighted by atomic mass is 16.5. The molecule has 0 aliphatic carbocycles. The van der Waals surface area contributed by atoms with Crippen LogP contribution < -0.4 is 10.1 Å². The van der Waals surface area contributed by atoms with E-state index in [0.29, 0.717) is 12.5 Å². The van der Waals surface area contributed by atoms with Gasteiger partial charge in [-0.15, -0.1) is 0 Å². The number of nitrogens with zero attached hydrogens (tertiary/aromatic N) is 1. The Balaban J connectivity index is 2.19. The SMILES string of the molecule is CNCC(C)COc1cccc2ccc(C)nc12. The maximum absolute atomic E-state index is 5.89. The van der Waals surface area contributed by atoms with E-state index in [1.807, 2.05) is 32.2 Å². The van der Waals surface area contributed by atoms with Crippen LogP contribution in [0.25, 0.3) is 10.9 Å². The van der Waals surface area contributed by atoms with E-state index in [4.69, 9.17) is 4.74 Å². The van der Waals surface area contributed by atoms with Gasteiger partial charge in [-0.05, 0) is 26.1 Å². The van der Waals surface area contributed by atoms with E-state index in [1.165, 1.54) is 0 Å². The molecule has 2 aromatic rings. The number of pyridine rings is 1. The Bertz CT molecular complexity index is 525. The summed E-state index contributed by atoms with van der Waals surface area (Å²) in [6.07, 6.45) is 0. The first kappa shape index (κ1) is 12.8. The summed E-state index contributed by atoms with van der Waals surface area (Å²) < 4.78 is 5.89. The average molecular weight is 244 g/mol. The van der Waals surface area contributed by atoms with Gasteiger partial charge in [0.25, 0.3) is 0 Å². The van der Waals surface area contributed by atoms with Crippen LogP contribution in [0.5, 0.6) is 5.75 Å². The highest BCUT2D eigenvalue weighted by Crippen LogP contribution is 2.24. The third-order valence-corrected chi connectivity index (χ3v) is 2.90. The molecule has 0 bridgehead atoms. The van der Waals surface area contributed by atoms with Gasteiger partial charge < -0.3 is 10.1 Å². The second kappa shape index (κ2) is 5.83. The largest absolute Gasteiger partial charge is 0.491 e. The Morgan fingerprint density at radius 1 is 1.28 bits per heavy atom. The van der Waals surface area contributed by atoms with Gasteiger partial charge in [0.05, 0.1) is 6.61 Å². The number of hydrogen-bond donors (Lipinski definition) is 1. The molecule has 3 heteroatoms. The van der Waals surface area contributed by atoms with Gasteiger partial charge in [0, 0.05) is 23.5 Å². The van der Waals surface area contributed by atoms with Gasteiger partial charge in [-0.1, -0.05) is 25.1 Å². The van der Waals surface area contributed by atoms with Gasteiger partial charge in [-0.2, -0.15) is 0 Å². The molecular formula is C15H20N2O. The predicted octanol–water partition coefficient (Wildman–Crippen LogP) is 2.78. The number of ether oxygens (including phenoxy) is 1. The van der Waals surface area contributed by atoms with Gasteiger partial charge >= 0.3 is 0 Å². The summed E-state index contributed by atoms with van der Waals surface area (Å²) in [6.45, 7) is 5.83. The van der Waals surface area contributed by atoms with Crippen LogP contribution in [0.1, 0.15) is 12.6 Å². The van der Waals surface area contributed by atoms with Crippen molar-refractivity contribution < 1.29 is 4.74 Å². The number of hydrogen-bond acceptors (Lipinski definition) is 3. The third kappa shape index (κ3) is 2.99. The first-order chi connectivity index (χ1) is 8.70. The molecule has 1 aromatic heterocycles. The fourth-order valence-electron chi connectivity index (χ4n) is 1.97. The molecule has 0 saturated heterocycles. The number of aryl methyl sites for hydroxylation is 1. The van der Waals surface area contributed by atoms with Gasteiger partial charge in [0.15, 0.2) is 0 Å². The summed E-state index contributed by atoms with van der Waals surface area (Å²) >= 11 is 0. The molecule has 1 N–H and O–H groups in total. The summed E-state index contributed by atoms with van der Waals surface area (Å²) in [5.74, 6) is 1.36. The van der Waals surface area contributed by atoms with Crippen molar-refractivity contribution in [3.05, 3.63) is 36.0 Å². The van der Waals surface area contributed by atoms with Crippen LogP contribution in [0.2, 0.25) is 0 Å². The molecule has 0 spiro atoms. The zero-order valence-electron chi connectivity index (χ0n) is 11.2. The van der Waals surface area contributed by atoms with E-state index in [-0.39, 0.29) is 0 Å². The number of rotatable bonds is 5. The second-order valence-electron chi connectivity index (χ2n) is 4.75. The van der Waals surface area contributed by atoms with E-state index in [1.54, 1.807) is 0 Å². The van der Waals surface area contributed by atoms with Crippen LogP contribution in [0.4, 0.5) is 0 Å². The van der Waals surface area contributed by atoms with Crippen molar-refractivity contribution in [1.82, 2.24) is 10.3 Å². The molecule has 1 atom stereocenters. The zero-order chi connectivity index (χ0) is 13.0. The van der Waals surface area contributed by atoms with E-state index in [0.717, 1.165) is 28.9 Å². The highest BCUT2D eigenvalue weighted by molar-refractivity contribution is 5.84. The first-order valence-electron chi connectivity index (χ1n) is 6.34. The molecule has 2 rings (SSSR count). The monoisotopic (exact) mass is 244 g/mol. The van der Waals surface area contributed by atoms with Crippen LogP contribution in [-0.2, 0) is 0 Å². The quantitative estimate of drug-likeness (QED) is 0.878. The van der Waals surface area contributed by atoms with Crippen molar-refractivity contribution in [2.75, 3.05) is 20.2 Å². The van der Waals surface area contributed by atoms with E-state index in [2.05, 4.69) is 29.4 Å². The molecule has 0 fully saturated rings. The Labute approximate surface area is 108 Å². The molecular weight excluding hydrogens is 224 g/mol. The predicted molar refractivity (Wildman–Crippen MR) is 75.1 cm³/mol. The molecule has 0 aliphatic rings. The van der Waals surface area contributed by atoms with E-state index >= 15 is 0 Å². The van der Waals surface area contributed by atoms with Gasteiger partial charge in [-0.3, -0.25) is 0 Å². The lowest BCUT2D eigenvalue weighted by atomic mass is 10.2. The maximum atomic E-state index is 5.89. The first-order valence-corrected chi connectivity index (χ1v) is 6.34. The van der Waals surface area contributed by atoms with Crippen LogP contribution in [0.15, 0.2) is 30.3 Å². The molecule has 1 heterocycles. The minimum absolute atomic E-state index is 0.482. The Morgan fingerprint density at radius 2 is 2.11 bits per heavy atom. The van der Waals surface area contributed by atoms with Gasteiger partial charge in [0.1, 0.15) is 11.3 Å². The van der Waals surface area contributed by atoms with Crippen LogP contribution in [-0.4, -0.2) is 25.2 Å². The van der Waals surface area contributed by atoms with Crippen LogP contribution >= 0.6 is 0 Å². The molecule has 1 aromatic carbocycles. The lowest BCUT2D eigenvalue weighted by Crippen LogP contribution is -2.21. The molecule has 0 saturated carbocycles. The fourth-order valence-corrected chi connectivity index (χ4v) is 1.97. The van der Waals surface area contributed by atoms with Crippen molar-refractivity contribution in [2.24, 2.45) is 5.92 Å². The van der Waals surface area contributed by atoms with Crippen LogP contribution in [0, 0.1) is 12.8 Å². The number of para-hydroxylation sites is 1. The molecule has 18 heavy (non-hydrogen) atoms. The topological polar surface area (TPSA) is 34.1 Å². The summed E-state index contributed by atoms with van der Waals surface area (Å²) in [5.41, 5.74) is 1.97. The fraction of sp³-hybridized carbons (Fsp3) is 0.400.